The molecule has 0 spiro atoms. The van der Waals surface area contributed by atoms with Gasteiger partial charge in [0.05, 0.1) is 21.7 Å². The maximum atomic E-state index is 10.6. The second-order valence-corrected chi connectivity index (χ2v) is 5.19. The third-order valence-electron chi connectivity index (χ3n) is 2.51. The van der Waals surface area contributed by atoms with E-state index in [-0.39, 0.29) is 11.7 Å². The standard InChI is InChI=1S/C12H11ClN2O2S/c1-8(12-3-2-6-18-12)14-11-5-4-9(15(16)17)7-10(11)13/h2-8,14H,1H3. The van der Waals surface area contributed by atoms with E-state index in [1.165, 1.54) is 17.0 Å². The molecular formula is C12H11ClN2O2S. The molecule has 1 unspecified atom stereocenters. The summed E-state index contributed by atoms with van der Waals surface area (Å²) in [6.45, 7) is 2.02. The lowest BCUT2D eigenvalue weighted by Gasteiger charge is -2.14. The van der Waals surface area contributed by atoms with E-state index in [9.17, 15) is 10.1 Å². The molecule has 0 bridgehead atoms. The molecule has 1 N–H and O–H groups in total. The van der Waals surface area contributed by atoms with E-state index in [1.807, 2.05) is 24.4 Å². The Morgan fingerprint density at radius 2 is 2.22 bits per heavy atom. The van der Waals surface area contributed by atoms with Crippen molar-refractivity contribution in [3.05, 3.63) is 55.7 Å². The van der Waals surface area contributed by atoms with E-state index in [1.54, 1.807) is 17.4 Å². The van der Waals surface area contributed by atoms with Crippen molar-refractivity contribution in [2.45, 2.75) is 13.0 Å². The average Bonchev–Trinajstić information content (AvgIpc) is 2.85. The van der Waals surface area contributed by atoms with Crippen molar-refractivity contribution in [1.82, 2.24) is 0 Å². The van der Waals surface area contributed by atoms with Crippen molar-refractivity contribution in [1.29, 1.82) is 0 Å². The maximum absolute atomic E-state index is 10.6. The smallest absolute Gasteiger partial charge is 0.271 e. The highest BCUT2D eigenvalue weighted by Crippen LogP contribution is 2.30. The van der Waals surface area contributed by atoms with Crippen LogP contribution in [-0.4, -0.2) is 4.92 Å². The molecule has 0 radical (unpaired) electrons. The Morgan fingerprint density at radius 1 is 1.44 bits per heavy atom. The Bertz CT molecular complexity index is 557. The Balaban J connectivity index is 2.17. The van der Waals surface area contributed by atoms with Crippen molar-refractivity contribution in [2.75, 3.05) is 5.32 Å². The molecule has 94 valence electrons. The van der Waals surface area contributed by atoms with E-state index in [0.717, 1.165) is 0 Å². The van der Waals surface area contributed by atoms with Crippen molar-refractivity contribution in [2.24, 2.45) is 0 Å². The van der Waals surface area contributed by atoms with Gasteiger partial charge in [-0.15, -0.1) is 11.3 Å². The van der Waals surface area contributed by atoms with Gasteiger partial charge < -0.3 is 5.32 Å². The Morgan fingerprint density at radius 3 is 2.78 bits per heavy atom. The Hall–Kier alpha value is -1.59. The highest BCUT2D eigenvalue weighted by Gasteiger charge is 2.12. The minimum Gasteiger partial charge on any atom is -0.376 e. The number of benzene rings is 1. The summed E-state index contributed by atoms with van der Waals surface area (Å²) in [4.78, 5) is 11.3. The third-order valence-corrected chi connectivity index (χ3v) is 3.87. The second kappa shape index (κ2) is 5.37. The van der Waals surface area contributed by atoms with Crippen LogP contribution in [0.4, 0.5) is 11.4 Å². The molecule has 0 aliphatic carbocycles. The first-order valence-corrected chi connectivity index (χ1v) is 6.57. The fourth-order valence-corrected chi connectivity index (χ4v) is 2.54. The van der Waals surface area contributed by atoms with Crippen LogP contribution in [0.5, 0.6) is 0 Å². The zero-order valence-corrected chi connectivity index (χ0v) is 11.2. The van der Waals surface area contributed by atoms with Crippen LogP contribution in [0.15, 0.2) is 35.7 Å². The topological polar surface area (TPSA) is 55.2 Å². The molecule has 1 atom stereocenters. The number of hydrogen-bond acceptors (Lipinski definition) is 4. The van der Waals surface area contributed by atoms with Crippen molar-refractivity contribution >= 4 is 34.3 Å². The third kappa shape index (κ3) is 2.80. The summed E-state index contributed by atoms with van der Waals surface area (Å²) in [7, 11) is 0. The van der Waals surface area contributed by atoms with Gasteiger partial charge in [0, 0.05) is 17.0 Å². The van der Waals surface area contributed by atoms with Gasteiger partial charge >= 0.3 is 0 Å². The Labute approximate surface area is 113 Å². The molecule has 2 rings (SSSR count). The first kappa shape index (κ1) is 12.9. The molecule has 0 saturated carbocycles. The van der Waals surface area contributed by atoms with E-state index < -0.39 is 4.92 Å². The number of nitro benzene ring substituents is 1. The van der Waals surface area contributed by atoms with Gasteiger partial charge in [-0.2, -0.15) is 0 Å². The van der Waals surface area contributed by atoms with E-state index >= 15 is 0 Å². The van der Waals surface area contributed by atoms with Gasteiger partial charge in [-0.3, -0.25) is 10.1 Å². The lowest BCUT2D eigenvalue weighted by Crippen LogP contribution is -2.05. The second-order valence-electron chi connectivity index (χ2n) is 3.80. The minimum atomic E-state index is -0.460. The van der Waals surface area contributed by atoms with Gasteiger partial charge in [-0.1, -0.05) is 17.7 Å². The molecular weight excluding hydrogens is 272 g/mol. The molecule has 0 fully saturated rings. The molecule has 1 aromatic heterocycles. The molecule has 2 aromatic rings. The number of anilines is 1. The SMILES string of the molecule is CC(Nc1ccc([N+](=O)[O-])cc1Cl)c1cccs1. The van der Waals surface area contributed by atoms with Crippen LogP contribution in [0, 0.1) is 10.1 Å². The molecule has 1 aromatic carbocycles. The van der Waals surface area contributed by atoms with Crippen LogP contribution in [0.1, 0.15) is 17.8 Å². The van der Waals surface area contributed by atoms with Crippen molar-refractivity contribution < 1.29 is 4.92 Å². The van der Waals surface area contributed by atoms with Crippen molar-refractivity contribution in [3.8, 4) is 0 Å². The van der Waals surface area contributed by atoms with Crippen LogP contribution in [0.3, 0.4) is 0 Å². The lowest BCUT2D eigenvalue weighted by atomic mass is 10.2. The first-order chi connectivity index (χ1) is 8.58. The van der Waals surface area contributed by atoms with E-state index in [2.05, 4.69) is 5.32 Å². The van der Waals surface area contributed by atoms with E-state index in [0.29, 0.717) is 10.7 Å². The van der Waals surface area contributed by atoms with Gasteiger partial charge in [-0.05, 0) is 24.4 Å². The van der Waals surface area contributed by atoms with Crippen LogP contribution in [-0.2, 0) is 0 Å². The van der Waals surface area contributed by atoms with Gasteiger partial charge in [0.1, 0.15) is 0 Å². The highest BCUT2D eigenvalue weighted by atomic mass is 35.5. The lowest BCUT2D eigenvalue weighted by molar-refractivity contribution is -0.384. The molecule has 4 nitrogen and oxygen atoms in total. The number of rotatable bonds is 4. The predicted octanol–water partition coefficient (Wildman–Crippen LogP) is 4.48. The van der Waals surface area contributed by atoms with Crippen LogP contribution in [0.25, 0.3) is 0 Å². The van der Waals surface area contributed by atoms with E-state index in [4.69, 9.17) is 11.6 Å². The van der Waals surface area contributed by atoms with Gasteiger partial charge in [0.15, 0.2) is 0 Å². The number of hydrogen-bond donors (Lipinski definition) is 1. The summed E-state index contributed by atoms with van der Waals surface area (Å²) in [5.41, 5.74) is 0.692. The number of thiophene rings is 1. The summed E-state index contributed by atoms with van der Waals surface area (Å²) < 4.78 is 0. The maximum Gasteiger partial charge on any atom is 0.271 e. The summed E-state index contributed by atoms with van der Waals surface area (Å²) >= 11 is 7.67. The zero-order valence-electron chi connectivity index (χ0n) is 9.59. The van der Waals surface area contributed by atoms with Gasteiger partial charge in [-0.25, -0.2) is 0 Å². The monoisotopic (exact) mass is 282 g/mol. The first-order valence-electron chi connectivity index (χ1n) is 5.32. The number of nitro groups is 1. The zero-order chi connectivity index (χ0) is 13.1. The summed E-state index contributed by atoms with van der Waals surface area (Å²) in [5, 5.41) is 16.2. The minimum absolute atomic E-state index is 0.00525. The summed E-state index contributed by atoms with van der Waals surface area (Å²) in [5.74, 6) is 0. The van der Waals surface area contributed by atoms with Crippen molar-refractivity contribution in [3.63, 3.8) is 0 Å². The van der Waals surface area contributed by atoms with Crippen LogP contribution >= 0.6 is 22.9 Å². The molecule has 1 heterocycles. The average molecular weight is 283 g/mol. The number of nitrogens with zero attached hydrogens (tertiary/aromatic N) is 1. The normalized spacial score (nSPS) is 12.1. The molecule has 0 aliphatic heterocycles. The van der Waals surface area contributed by atoms with Crippen LogP contribution in [0.2, 0.25) is 5.02 Å². The molecule has 0 saturated heterocycles. The fourth-order valence-electron chi connectivity index (χ4n) is 1.58. The van der Waals surface area contributed by atoms with Gasteiger partial charge in [0.2, 0.25) is 0 Å². The predicted molar refractivity (Wildman–Crippen MR) is 74.5 cm³/mol. The summed E-state index contributed by atoms with van der Waals surface area (Å²) in [6.07, 6.45) is 0. The Kier molecular flexibility index (Phi) is 3.84. The number of nitrogens with one attached hydrogen (secondary N) is 1. The summed E-state index contributed by atoms with van der Waals surface area (Å²) in [6, 6.07) is 8.55. The highest BCUT2D eigenvalue weighted by molar-refractivity contribution is 7.10. The molecule has 0 aliphatic rings. The number of halogens is 1. The van der Waals surface area contributed by atoms with Crippen LogP contribution < -0.4 is 5.32 Å². The fraction of sp³-hybridized carbons (Fsp3) is 0.167. The quantitative estimate of drug-likeness (QED) is 0.664. The largest absolute Gasteiger partial charge is 0.376 e. The molecule has 0 amide bonds. The molecule has 6 heteroatoms. The molecule has 18 heavy (non-hydrogen) atoms. The van der Waals surface area contributed by atoms with Gasteiger partial charge in [0.25, 0.3) is 5.69 Å². The number of non-ortho nitro benzene ring substituents is 1.